The van der Waals surface area contributed by atoms with Crippen molar-refractivity contribution in [3.05, 3.63) is 21.9 Å². The molecule has 0 spiro atoms. The van der Waals surface area contributed by atoms with Crippen molar-refractivity contribution in [2.24, 2.45) is 0 Å². The standard InChI is InChI=1S/C14H20N2O2S/c1-9-5-6-12(19-9)13-15-10(2)14(17)16(13)11-4-3-7-18-8-11/h5-6,10-11,13,15H,3-4,7-8H2,1-2H3. The van der Waals surface area contributed by atoms with E-state index in [1.54, 1.807) is 11.3 Å². The summed E-state index contributed by atoms with van der Waals surface area (Å²) in [5, 5.41) is 3.41. The molecular weight excluding hydrogens is 260 g/mol. The van der Waals surface area contributed by atoms with Gasteiger partial charge >= 0.3 is 0 Å². The molecule has 3 rings (SSSR count). The van der Waals surface area contributed by atoms with E-state index in [4.69, 9.17) is 4.74 Å². The lowest BCUT2D eigenvalue weighted by Gasteiger charge is -2.34. The SMILES string of the molecule is Cc1ccc(C2NC(C)C(=O)N2C2CCCOC2)s1. The lowest BCUT2D eigenvalue weighted by molar-refractivity contribution is -0.135. The maximum Gasteiger partial charge on any atom is 0.241 e. The predicted molar refractivity (Wildman–Crippen MR) is 75.1 cm³/mol. The van der Waals surface area contributed by atoms with Crippen molar-refractivity contribution in [1.29, 1.82) is 0 Å². The summed E-state index contributed by atoms with van der Waals surface area (Å²) in [7, 11) is 0. The number of thiophene rings is 1. The van der Waals surface area contributed by atoms with Crippen LogP contribution in [0.4, 0.5) is 0 Å². The molecule has 1 N–H and O–H groups in total. The Balaban J connectivity index is 1.86. The summed E-state index contributed by atoms with van der Waals surface area (Å²) in [4.78, 5) is 16.9. The predicted octanol–water partition coefficient (Wildman–Crippen LogP) is 2.05. The van der Waals surface area contributed by atoms with Gasteiger partial charge in [-0.25, -0.2) is 0 Å². The molecule has 0 bridgehead atoms. The van der Waals surface area contributed by atoms with E-state index in [1.807, 2.05) is 11.8 Å². The minimum absolute atomic E-state index is 0.0212. The van der Waals surface area contributed by atoms with Crippen LogP contribution in [0.2, 0.25) is 0 Å². The zero-order valence-corrected chi connectivity index (χ0v) is 12.2. The quantitative estimate of drug-likeness (QED) is 0.901. The highest BCUT2D eigenvalue weighted by Crippen LogP contribution is 2.33. The Labute approximate surface area is 117 Å². The summed E-state index contributed by atoms with van der Waals surface area (Å²) in [6, 6.07) is 4.35. The second-order valence-electron chi connectivity index (χ2n) is 5.36. The zero-order chi connectivity index (χ0) is 13.4. The number of amides is 1. The maximum atomic E-state index is 12.4. The van der Waals surface area contributed by atoms with Crippen LogP contribution in [0.1, 0.15) is 35.7 Å². The van der Waals surface area contributed by atoms with Crippen molar-refractivity contribution in [3.8, 4) is 0 Å². The minimum Gasteiger partial charge on any atom is -0.379 e. The van der Waals surface area contributed by atoms with E-state index in [2.05, 4.69) is 24.4 Å². The molecule has 2 aliphatic heterocycles. The maximum absolute atomic E-state index is 12.4. The third-order valence-electron chi connectivity index (χ3n) is 3.87. The van der Waals surface area contributed by atoms with Crippen LogP contribution in [-0.4, -0.2) is 36.1 Å². The van der Waals surface area contributed by atoms with Crippen LogP contribution in [0.5, 0.6) is 0 Å². The molecule has 104 valence electrons. The van der Waals surface area contributed by atoms with Crippen LogP contribution in [0.3, 0.4) is 0 Å². The number of aryl methyl sites for hydroxylation is 1. The molecule has 2 saturated heterocycles. The summed E-state index contributed by atoms with van der Waals surface area (Å²) in [6.45, 7) is 5.53. The highest BCUT2D eigenvalue weighted by molar-refractivity contribution is 7.12. The average Bonchev–Trinajstić information content (AvgIpc) is 2.96. The average molecular weight is 280 g/mol. The van der Waals surface area contributed by atoms with E-state index in [0.717, 1.165) is 19.4 Å². The number of carbonyl (C=O) groups excluding carboxylic acids is 1. The number of ether oxygens (including phenoxy) is 1. The highest BCUT2D eigenvalue weighted by Gasteiger charge is 2.42. The molecule has 1 aromatic heterocycles. The third-order valence-corrected chi connectivity index (χ3v) is 4.92. The van der Waals surface area contributed by atoms with Gasteiger partial charge in [0.25, 0.3) is 0 Å². The number of nitrogens with one attached hydrogen (secondary N) is 1. The summed E-state index contributed by atoms with van der Waals surface area (Å²) < 4.78 is 5.55. The lowest BCUT2D eigenvalue weighted by atomic mass is 10.1. The summed E-state index contributed by atoms with van der Waals surface area (Å²) in [6.07, 6.45) is 2.10. The molecule has 0 saturated carbocycles. The second kappa shape index (κ2) is 5.23. The van der Waals surface area contributed by atoms with Gasteiger partial charge < -0.3 is 9.64 Å². The molecule has 1 aromatic rings. The number of hydrogen-bond acceptors (Lipinski definition) is 4. The van der Waals surface area contributed by atoms with Crippen molar-refractivity contribution in [2.75, 3.05) is 13.2 Å². The van der Waals surface area contributed by atoms with Crippen LogP contribution in [-0.2, 0) is 9.53 Å². The van der Waals surface area contributed by atoms with E-state index >= 15 is 0 Å². The molecule has 3 heterocycles. The van der Waals surface area contributed by atoms with Gasteiger partial charge in [0.15, 0.2) is 0 Å². The first-order valence-electron chi connectivity index (χ1n) is 6.89. The Morgan fingerprint density at radius 1 is 1.47 bits per heavy atom. The van der Waals surface area contributed by atoms with E-state index in [1.165, 1.54) is 9.75 Å². The number of nitrogens with zero attached hydrogens (tertiary/aromatic N) is 1. The second-order valence-corrected chi connectivity index (χ2v) is 6.68. The van der Waals surface area contributed by atoms with Gasteiger partial charge in [-0.1, -0.05) is 0 Å². The van der Waals surface area contributed by atoms with E-state index < -0.39 is 0 Å². The van der Waals surface area contributed by atoms with Crippen LogP contribution in [0.15, 0.2) is 12.1 Å². The molecule has 4 nitrogen and oxygen atoms in total. The molecule has 5 heteroatoms. The molecule has 19 heavy (non-hydrogen) atoms. The fraction of sp³-hybridized carbons (Fsp3) is 0.643. The van der Waals surface area contributed by atoms with Crippen LogP contribution in [0.25, 0.3) is 0 Å². The molecule has 0 radical (unpaired) electrons. The third kappa shape index (κ3) is 2.42. The Bertz CT molecular complexity index is 468. The first-order valence-corrected chi connectivity index (χ1v) is 7.71. The molecule has 2 aliphatic rings. The zero-order valence-electron chi connectivity index (χ0n) is 11.4. The van der Waals surface area contributed by atoms with Gasteiger partial charge in [-0.2, -0.15) is 0 Å². The molecule has 1 amide bonds. The van der Waals surface area contributed by atoms with Gasteiger partial charge in [0, 0.05) is 16.4 Å². The van der Waals surface area contributed by atoms with Crippen LogP contribution < -0.4 is 5.32 Å². The topological polar surface area (TPSA) is 41.6 Å². The van der Waals surface area contributed by atoms with E-state index in [-0.39, 0.29) is 24.2 Å². The van der Waals surface area contributed by atoms with Gasteiger partial charge in [-0.05, 0) is 38.8 Å². The molecule has 3 unspecified atom stereocenters. The molecule has 0 aromatic carbocycles. The van der Waals surface area contributed by atoms with Crippen LogP contribution in [0, 0.1) is 6.92 Å². The normalized spacial score (nSPS) is 32.0. The van der Waals surface area contributed by atoms with Gasteiger partial charge in [-0.15, -0.1) is 11.3 Å². The molecule has 2 fully saturated rings. The Hall–Kier alpha value is -0.910. The summed E-state index contributed by atoms with van der Waals surface area (Å²) >= 11 is 1.76. The van der Waals surface area contributed by atoms with Crippen LogP contribution >= 0.6 is 11.3 Å². The first kappa shape index (κ1) is 13.1. The summed E-state index contributed by atoms with van der Waals surface area (Å²) in [5.74, 6) is 0.201. The fourth-order valence-electron chi connectivity index (χ4n) is 2.89. The Morgan fingerprint density at radius 2 is 2.32 bits per heavy atom. The minimum atomic E-state index is -0.102. The fourth-order valence-corrected chi connectivity index (χ4v) is 3.83. The highest BCUT2D eigenvalue weighted by atomic mass is 32.1. The Morgan fingerprint density at radius 3 is 2.95 bits per heavy atom. The van der Waals surface area contributed by atoms with Crippen molar-refractivity contribution in [1.82, 2.24) is 10.2 Å². The first-order chi connectivity index (χ1) is 9.16. The monoisotopic (exact) mass is 280 g/mol. The van der Waals surface area contributed by atoms with Crippen molar-refractivity contribution >= 4 is 17.2 Å². The number of rotatable bonds is 2. The van der Waals surface area contributed by atoms with Gasteiger partial charge in [-0.3, -0.25) is 10.1 Å². The van der Waals surface area contributed by atoms with Gasteiger partial charge in [0.1, 0.15) is 6.17 Å². The van der Waals surface area contributed by atoms with Gasteiger partial charge in [0.2, 0.25) is 5.91 Å². The number of carbonyl (C=O) groups is 1. The van der Waals surface area contributed by atoms with Crippen molar-refractivity contribution < 1.29 is 9.53 Å². The van der Waals surface area contributed by atoms with E-state index in [0.29, 0.717) is 6.61 Å². The molecule has 3 atom stereocenters. The largest absolute Gasteiger partial charge is 0.379 e. The van der Waals surface area contributed by atoms with Gasteiger partial charge in [0.05, 0.1) is 18.7 Å². The molecule has 0 aliphatic carbocycles. The van der Waals surface area contributed by atoms with Crippen molar-refractivity contribution in [3.63, 3.8) is 0 Å². The Kier molecular flexibility index (Phi) is 3.60. The smallest absolute Gasteiger partial charge is 0.241 e. The summed E-state index contributed by atoms with van der Waals surface area (Å²) in [5.41, 5.74) is 0. The van der Waals surface area contributed by atoms with Crippen molar-refractivity contribution in [2.45, 2.75) is 44.9 Å². The van der Waals surface area contributed by atoms with E-state index in [9.17, 15) is 4.79 Å². The lowest BCUT2D eigenvalue weighted by Crippen LogP contribution is -2.44. The number of hydrogen-bond donors (Lipinski definition) is 1. The molecular formula is C14H20N2O2S.